The highest BCUT2D eigenvalue weighted by Gasteiger charge is 2.84. The number of rotatable bonds is 3. The molecule has 3 saturated heterocycles. The van der Waals surface area contributed by atoms with Gasteiger partial charge in [-0.25, -0.2) is 4.79 Å². The van der Waals surface area contributed by atoms with Crippen molar-refractivity contribution in [3.63, 3.8) is 0 Å². The molecule has 2 bridgehead atoms. The molecule has 0 spiro atoms. The molecule has 0 amide bonds. The van der Waals surface area contributed by atoms with Crippen LogP contribution in [0.5, 0.6) is 0 Å². The first-order valence-corrected chi connectivity index (χ1v) is 9.64. The fourth-order valence-corrected chi connectivity index (χ4v) is 5.96. The van der Waals surface area contributed by atoms with Gasteiger partial charge in [-0.2, -0.15) is 25.6 Å². The van der Waals surface area contributed by atoms with Crippen LogP contribution in [0.3, 0.4) is 0 Å². The van der Waals surface area contributed by atoms with Crippen molar-refractivity contribution in [3.8, 4) is 0 Å². The van der Waals surface area contributed by atoms with Crippen LogP contribution in [0.15, 0.2) is 0 Å². The fraction of sp³-hybridized carbons (Fsp3) is 0.909. The Bertz CT molecular complexity index is 838. The number of ether oxygens (including phenoxy) is 2. The third-order valence-electron chi connectivity index (χ3n) is 5.33. The third-order valence-corrected chi connectivity index (χ3v) is 7.88. The highest BCUT2D eigenvalue weighted by Crippen LogP contribution is 2.64. The molecule has 0 aromatic carbocycles. The Morgan fingerprint density at radius 1 is 1.33 bits per heavy atom. The maximum Gasteiger partial charge on any atom is 0.465 e. The maximum absolute atomic E-state index is 13.5. The Kier molecular flexibility index (Phi) is 3.18. The molecule has 0 radical (unpaired) electrons. The zero-order valence-electron chi connectivity index (χ0n) is 12.6. The van der Waals surface area contributed by atoms with E-state index in [1.54, 1.807) is 0 Å². The van der Waals surface area contributed by atoms with E-state index >= 15 is 0 Å². The molecule has 13 heteroatoms. The number of fused-ring (bicyclic) bond motifs is 1. The molecule has 3 aliphatic heterocycles. The summed E-state index contributed by atoms with van der Waals surface area (Å²) in [6.45, 7) is 3.70. The van der Waals surface area contributed by atoms with Crippen molar-refractivity contribution in [2.24, 2.45) is 0 Å². The van der Waals surface area contributed by atoms with Gasteiger partial charge < -0.3 is 9.47 Å². The molecule has 5 atom stereocenters. The van der Waals surface area contributed by atoms with Gasteiger partial charge in [-0.15, -0.1) is 0 Å². The number of carbonyl (C=O) groups is 1. The summed E-state index contributed by atoms with van der Waals surface area (Å²) in [5.74, 6) is -2.55. The number of hydrogen-bond donors (Lipinski definition) is 1. The normalized spacial score (nSPS) is 46.2. The monoisotopic (exact) mass is 392 g/mol. The van der Waals surface area contributed by atoms with E-state index in [0.29, 0.717) is 0 Å². The van der Waals surface area contributed by atoms with Crippen LogP contribution in [-0.4, -0.2) is 60.8 Å². The van der Waals surface area contributed by atoms with Crippen molar-refractivity contribution in [1.82, 2.24) is 0 Å². The van der Waals surface area contributed by atoms with Gasteiger partial charge in [0.25, 0.3) is 10.1 Å². The van der Waals surface area contributed by atoms with Crippen LogP contribution in [0.4, 0.5) is 8.78 Å². The Hall–Kier alpha value is -0.890. The Balaban J connectivity index is 2.04. The summed E-state index contributed by atoms with van der Waals surface area (Å²) >= 11 is 0. The average Bonchev–Trinajstić information content (AvgIpc) is 2.87. The highest BCUT2D eigenvalue weighted by atomic mass is 32.2. The minimum Gasteiger partial charge on any atom is -0.448 e. The maximum atomic E-state index is 13.5. The number of alkyl halides is 2. The zero-order chi connectivity index (χ0) is 18.6. The zero-order valence-corrected chi connectivity index (χ0v) is 14.3. The van der Waals surface area contributed by atoms with Crippen LogP contribution in [0, 0.1) is 0 Å². The van der Waals surface area contributed by atoms with Gasteiger partial charge in [0.05, 0.1) is 0 Å². The summed E-state index contributed by atoms with van der Waals surface area (Å²) in [5, 5.41) is -6.26. The van der Waals surface area contributed by atoms with Gasteiger partial charge in [0.2, 0.25) is 0 Å². The molecule has 3 heterocycles. The van der Waals surface area contributed by atoms with E-state index in [2.05, 4.69) is 0 Å². The summed E-state index contributed by atoms with van der Waals surface area (Å²) in [6, 6.07) is 0. The van der Waals surface area contributed by atoms with E-state index in [-0.39, 0.29) is 6.42 Å². The van der Waals surface area contributed by atoms with Crippen molar-refractivity contribution in [3.05, 3.63) is 0 Å². The first-order valence-electron chi connectivity index (χ1n) is 6.72. The second-order valence-electron chi connectivity index (χ2n) is 6.61. The van der Waals surface area contributed by atoms with E-state index in [4.69, 9.17) is 18.2 Å². The molecule has 24 heavy (non-hydrogen) atoms. The van der Waals surface area contributed by atoms with E-state index in [9.17, 15) is 30.4 Å². The average molecular weight is 392 g/mol. The lowest BCUT2D eigenvalue weighted by Crippen LogP contribution is -2.65. The fourth-order valence-electron chi connectivity index (χ4n) is 3.71. The van der Waals surface area contributed by atoms with Crippen molar-refractivity contribution in [2.75, 3.05) is 0 Å². The largest absolute Gasteiger partial charge is 0.465 e. The van der Waals surface area contributed by atoms with E-state index in [1.165, 1.54) is 13.8 Å². The van der Waals surface area contributed by atoms with Crippen molar-refractivity contribution >= 4 is 26.2 Å². The van der Waals surface area contributed by atoms with Gasteiger partial charge in [-0.1, -0.05) is 0 Å². The van der Waals surface area contributed by atoms with Crippen LogP contribution >= 0.6 is 0 Å². The molecule has 0 aromatic rings. The molecule has 0 aliphatic carbocycles. The van der Waals surface area contributed by atoms with Crippen molar-refractivity contribution < 1.29 is 48.6 Å². The molecule has 5 unspecified atom stereocenters. The van der Waals surface area contributed by atoms with Gasteiger partial charge in [0, 0.05) is 6.42 Å². The Morgan fingerprint density at radius 3 is 2.38 bits per heavy atom. The predicted molar refractivity (Wildman–Crippen MR) is 71.1 cm³/mol. The van der Waals surface area contributed by atoms with E-state index in [0.717, 1.165) is 6.92 Å². The lowest BCUT2D eigenvalue weighted by Gasteiger charge is -2.45. The van der Waals surface area contributed by atoms with Gasteiger partial charge in [0.15, 0.2) is 11.2 Å². The van der Waals surface area contributed by atoms with Crippen molar-refractivity contribution in [2.45, 2.75) is 60.6 Å². The molecule has 138 valence electrons. The number of hydrogen-bond acceptors (Lipinski definition) is 8. The standard InChI is InChI=1S/C11H14F2O9S2/c1-8-4-5-6(20-8)9(2,22-23(5,15)16)10(8,3)21-7(14)11(12,13)24(17,18)19/h5-6H,4H2,1-3H3,(H,17,18,19). The molecule has 1 N–H and O–H groups in total. The van der Waals surface area contributed by atoms with E-state index in [1.807, 2.05) is 0 Å². The molecule has 3 aliphatic rings. The first kappa shape index (κ1) is 17.9. The van der Waals surface area contributed by atoms with Gasteiger partial charge in [0.1, 0.15) is 17.0 Å². The Morgan fingerprint density at radius 2 is 1.88 bits per heavy atom. The molecular formula is C11H14F2O9S2. The second kappa shape index (κ2) is 4.26. The van der Waals surface area contributed by atoms with Crippen LogP contribution in [0.25, 0.3) is 0 Å². The first-order chi connectivity index (χ1) is 10.5. The Labute approximate surface area is 136 Å². The summed E-state index contributed by atoms with van der Waals surface area (Å²) in [6.07, 6.45) is -1.25. The number of esters is 1. The molecule has 3 rings (SSSR count). The highest BCUT2D eigenvalue weighted by molar-refractivity contribution is 7.88. The number of carbonyl (C=O) groups excluding carboxylic acids is 1. The smallest absolute Gasteiger partial charge is 0.448 e. The molecule has 0 aromatic heterocycles. The summed E-state index contributed by atoms with van der Waals surface area (Å²) in [4.78, 5) is 11.7. The lowest BCUT2D eigenvalue weighted by atomic mass is 9.67. The van der Waals surface area contributed by atoms with Gasteiger partial charge in [-0.05, 0) is 20.8 Å². The van der Waals surface area contributed by atoms with Crippen LogP contribution in [-0.2, 0) is 38.7 Å². The minimum absolute atomic E-state index is 0.184. The quantitative estimate of drug-likeness (QED) is 0.394. The summed E-state index contributed by atoms with van der Waals surface area (Å²) in [5.41, 5.74) is -5.34. The molecule has 0 saturated carbocycles. The van der Waals surface area contributed by atoms with Crippen LogP contribution in [0.1, 0.15) is 27.2 Å². The summed E-state index contributed by atoms with van der Waals surface area (Å²) in [7, 11) is -10.1. The minimum atomic E-state index is -6.07. The summed E-state index contributed by atoms with van der Waals surface area (Å²) < 4.78 is 96.3. The lowest BCUT2D eigenvalue weighted by molar-refractivity contribution is -0.208. The third kappa shape index (κ3) is 1.79. The van der Waals surface area contributed by atoms with Crippen LogP contribution < -0.4 is 0 Å². The SMILES string of the molecule is CC12CC3C(O1)C(C)(OS3(=O)=O)C2(C)OC(=O)C(F)(F)S(=O)(=O)O. The van der Waals surface area contributed by atoms with Gasteiger partial charge >= 0.3 is 21.3 Å². The molecule has 3 fully saturated rings. The van der Waals surface area contributed by atoms with Gasteiger partial charge in [-0.3, -0.25) is 8.74 Å². The van der Waals surface area contributed by atoms with E-state index < -0.39 is 59.6 Å². The predicted octanol–water partition coefficient (Wildman–Crippen LogP) is -0.183. The topological polar surface area (TPSA) is 133 Å². The molecule has 9 nitrogen and oxygen atoms in total. The second-order valence-corrected chi connectivity index (χ2v) is 9.83. The molecular weight excluding hydrogens is 378 g/mol. The van der Waals surface area contributed by atoms with Crippen LogP contribution in [0.2, 0.25) is 0 Å². The number of halogens is 2. The van der Waals surface area contributed by atoms with Crippen molar-refractivity contribution in [1.29, 1.82) is 0 Å².